The van der Waals surface area contributed by atoms with E-state index >= 15 is 0 Å². The Morgan fingerprint density at radius 2 is 2.20 bits per heavy atom. The molecule has 0 amide bonds. The van der Waals surface area contributed by atoms with Crippen molar-refractivity contribution < 1.29 is 4.74 Å². The molecule has 0 saturated carbocycles. The molecule has 3 rings (SSSR count). The quantitative estimate of drug-likeness (QED) is 0.446. The molecule has 2 bridgehead atoms. The number of halogens is 1. The number of guanidine groups is 1. The first kappa shape index (κ1) is 16.3. The highest BCUT2D eigenvalue weighted by molar-refractivity contribution is 14.0. The molecule has 0 aromatic heterocycles. The lowest BCUT2D eigenvalue weighted by atomic mass is 9.76. The molecule has 0 aliphatic carbocycles. The number of hydrogen-bond acceptors (Lipinski definition) is 2. The number of hydrogen-bond donors (Lipinski definition) is 1. The van der Waals surface area contributed by atoms with Crippen LogP contribution in [0.3, 0.4) is 0 Å². The zero-order chi connectivity index (χ0) is 13.5. The molecule has 116 valence electrons. The van der Waals surface area contributed by atoms with Gasteiger partial charge in [-0.25, -0.2) is 0 Å². The number of nitrogens with two attached hydrogens (primary N) is 1. The van der Waals surface area contributed by atoms with E-state index < -0.39 is 0 Å². The van der Waals surface area contributed by atoms with Gasteiger partial charge in [-0.05, 0) is 38.0 Å². The maximum absolute atomic E-state index is 6.18. The van der Waals surface area contributed by atoms with Crippen LogP contribution in [0.1, 0.15) is 46.0 Å². The normalized spacial score (nSPS) is 40.8. The molecule has 0 aromatic rings. The van der Waals surface area contributed by atoms with E-state index in [1.54, 1.807) is 0 Å². The van der Waals surface area contributed by atoms with Gasteiger partial charge in [-0.15, -0.1) is 24.0 Å². The maximum atomic E-state index is 6.18. The minimum atomic E-state index is 0. The van der Waals surface area contributed by atoms with Crippen molar-refractivity contribution in [1.29, 1.82) is 0 Å². The van der Waals surface area contributed by atoms with Crippen LogP contribution in [0.15, 0.2) is 4.99 Å². The topological polar surface area (TPSA) is 50.8 Å². The van der Waals surface area contributed by atoms with E-state index in [-0.39, 0.29) is 29.4 Å². The number of aliphatic imine (C=N–C) groups is 1. The van der Waals surface area contributed by atoms with Crippen molar-refractivity contribution in [2.75, 3.05) is 19.6 Å². The van der Waals surface area contributed by atoms with Crippen LogP contribution in [-0.4, -0.2) is 42.7 Å². The van der Waals surface area contributed by atoms with Crippen LogP contribution in [-0.2, 0) is 4.74 Å². The van der Waals surface area contributed by atoms with Crippen molar-refractivity contribution in [1.82, 2.24) is 4.90 Å². The molecule has 0 aromatic carbocycles. The number of fused-ring (bicyclic) bond motifs is 2. The van der Waals surface area contributed by atoms with Gasteiger partial charge in [0.1, 0.15) is 0 Å². The predicted octanol–water partition coefficient (Wildman–Crippen LogP) is 2.61. The first-order valence-electron chi connectivity index (χ1n) is 7.77. The summed E-state index contributed by atoms with van der Waals surface area (Å²) in [5.41, 5.74) is 6.40. The van der Waals surface area contributed by atoms with Gasteiger partial charge in [0, 0.05) is 18.5 Å². The molecule has 4 nitrogen and oxygen atoms in total. The second-order valence-corrected chi connectivity index (χ2v) is 7.05. The summed E-state index contributed by atoms with van der Waals surface area (Å²) in [6.45, 7) is 7.56. The van der Waals surface area contributed by atoms with Crippen LogP contribution in [0.2, 0.25) is 0 Å². The lowest BCUT2D eigenvalue weighted by Gasteiger charge is -2.33. The van der Waals surface area contributed by atoms with Gasteiger partial charge in [0.25, 0.3) is 0 Å². The predicted molar refractivity (Wildman–Crippen MR) is 92.5 cm³/mol. The summed E-state index contributed by atoms with van der Waals surface area (Å²) in [5.74, 6) is 1.49. The second kappa shape index (κ2) is 6.38. The van der Waals surface area contributed by atoms with Gasteiger partial charge in [-0.2, -0.15) is 0 Å². The van der Waals surface area contributed by atoms with E-state index in [2.05, 4.69) is 18.7 Å². The van der Waals surface area contributed by atoms with E-state index in [1.165, 1.54) is 25.7 Å². The molecule has 20 heavy (non-hydrogen) atoms. The Balaban J connectivity index is 0.00000147. The third-order valence-corrected chi connectivity index (χ3v) is 5.16. The van der Waals surface area contributed by atoms with Gasteiger partial charge in [0.05, 0.1) is 18.8 Å². The number of nitrogens with zero attached hydrogens (tertiary/aromatic N) is 2. The highest BCUT2D eigenvalue weighted by atomic mass is 127. The lowest BCUT2D eigenvalue weighted by Crippen LogP contribution is -2.44. The monoisotopic (exact) mass is 393 g/mol. The first-order chi connectivity index (χ1) is 9.07. The van der Waals surface area contributed by atoms with E-state index in [9.17, 15) is 0 Å². The third kappa shape index (κ3) is 3.24. The Hall–Kier alpha value is -0.0400. The van der Waals surface area contributed by atoms with Crippen molar-refractivity contribution in [3.63, 3.8) is 0 Å². The highest BCUT2D eigenvalue weighted by Gasteiger charge is 2.49. The van der Waals surface area contributed by atoms with Crippen LogP contribution in [0, 0.1) is 11.3 Å². The average molecular weight is 393 g/mol. The molecule has 3 aliphatic rings. The largest absolute Gasteiger partial charge is 0.374 e. The Kier molecular flexibility index (Phi) is 5.21. The molecule has 4 atom stereocenters. The fraction of sp³-hybridized carbons (Fsp3) is 0.933. The number of rotatable bonds is 2. The van der Waals surface area contributed by atoms with Gasteiger partial charge in [-0.3, -0.25) is 4.99 Å². The zero-order valence-electron chi connectivity index (χ0n) is 12.7. The average Bonchev–Trinajstić information content (AvgIpc) is 2.96. The van der Waals surface area contributed by atoms with Crippen LogP contribution < -0.4 is 5.73 Å². The van der Waals surface area contributed by atoms with Crippen molar-refractivity contribution in [2.45, 2.75) is 58.2 Å². The van der Waals surface area contributed by atoms with Crippen LogP contribution >= 0.6 is 24.0 Å². The molecule has 3 heterocycles. The minimum absolute atomic E-state index is 0. The summed E-state index contributed by atoms with van der Waals surface area (Å²) in [6, 6.07) is 0. The smallest absolute Gasteiger partial charge is 0.191 e. The molecule has 5 heteroatoms. The standard InChI is InChI=1S/C15H27N3O.HI/c1-11-4-3-7-18(9-11)14(16)17-10-15(2)8-12-5-6-13(15)19-12;/h11-13H,3-10H2,1-2H3,(H2,16,17);1H. The molecule has 0 radical (unpaired) electrons. The van der Waals surface area contributed by atoms with Gasteiger partial charge < -0.3 is 15.4 Å². The first-order valence-corrected chi connectivity index (χ1v) is 7.77. The maximum Gasteiger partial charge on any atom is 0.191 e. The Labute approximate surface area is 139 Å². The Bertz CT molecular complexity index is 376. The van der Waals surface area contributed by atoms with Crippen LogP contribution in [0.25, 0.3) is 0 Å². The highest BCUT2D eigenvalue weighted by Crippen LogP contribution is 2.47. The third-order valence-electron chi connectivity index (χ3n) is 5.16. The fourth-order valence-corrected chi connectivity index (χ4v) is 3.95. The Morgan fingerprint density at radius 3 is 2.80 bits per heavy atom. The van der Waals surface area contributed by atoms with E-state index in [1.807, 2.05) is 0 Å². The van der Waals surface area contributed by atoms with Gasteiger partial charge in [0.2, 0.25) is 0 Å². The van der Waals surface area contributed by atoms with Gasteiger partial charge in [-0.1, -0.05) is 13.8 Å². The Morgan fingerprint density at radius 1 is 1.40 bits per heavy atom. The van der Waals surface area contributed by atoms with Gasteiger partial charge in [0.15, 0.2) is 5.96 Å². The summed E-state index contributed by atoms with van der Waals surface area (Å²) in [4.78, 5) is 6.95. The molecule has 3 saturated heterocycles. The zero-order valence-corrected chi connectivity index (χ0v) is 15.0. The fourth-order valence-electron chi connectivity index (χ4n) is 3.95. The summed E-state index contributed by atoms with van der Waals surface area (Å²) >= 11 is 0. The van der Waals surface area contributed by atoms with Crippen molar-refractivity contribution >= 4 is 29.9 Å². The van der Waals surface area contributed by atoms with Crippen molar-refractivity contribution in [3.05, 3.63) is 0 Å². The number of piperidine rings is 1. The van der Waals surface area contributed by atoms with Crippen molar-refractivity contribution in [3.8, 4) is 0 Å². The van der Waals surface area contributed by atoms with Crippen molar-refractivity contribution in [2.24, 2.45) is 22.1 Å². The minimum Gasteiger partial charge on any atom is -0.374 e. The molecule has 0 spiro atoms. The molecule has 3 fully saturated rings. The van der Waals surface area contributed by atoms with E-state index in [0.717, 1.165) is 37.9 Å². The second-order valence-electron chi connectivity index (χ2n) is 7.05. The molecule has 4 unspecified atom stereocenters. The van der Waals surface area contributed by atoms with Gasteiger partial charge >= 0.3 is 0 Å². The van der Waals surface area contributed by atoms with Crippen LogP contribution in [0.4, 0.5) is 0 Å². The molecule has 2 N–H and O–H groups in total. The number of ether oxygens (including phenoxy) is 1. The molecule has 3 aliphatic heterocycles. The summed E-state index contributed by atoms with van der Waals surface area (Å²) in [7, 11) is 0. The summed E-state index contributed by atoms with van der Waals surface area (Å²) < 4.78 is 5.96. The molecular weight excluding hydrogens is 365 g/mol. The lowest BCUT2D eigenvalue weighted by molar-refractivity contribution is 0.0705. The van der Waals surface area contributed by atoms with Crippen LogP contribution in [0.5, 0.6) is 0 Å². The molecular formula is C15H28IN3O. The summed E-state index contributed by atoms with van der Waals surface area (Å²) in [6.07, 6.45) is 7.06. The summed E-state index contributed by atoms with van der Waals surface area (Å²) in [5, 5.41) is 0. The SMILES string of the molecule is CC1CCCN(C(N)=NCC2(C)CC3CCC2O3)C1.I. The number of likely N-dealkylation sites (tertiary alicyclic amines) is 1. The van der Waals surface area contributed by atoms with E-state index in [4.69, 9.17) is 15.5 Å². The van der Waals surface area contributed by atoms with E-state index in [0.29, 0.717) is 12.2 Å².